The number of carboxylic acid groups (broad SMARTS) is 1. The summed E-state index contributed by atoms with van der Waals surface area (Å²) in [5.74, 6) is -1.68. The van der Waals surface area contributed by atoms with Crippen molar-refractivity contribution in [2.24, 2.45) is 0 Å². The fraction of sp³-hybridized carbons (Fsp3) is 0.0714. The molecule has 4 nitrogen and oxygen atoms in total. The molecule has 2 aromatic rings. The second kappa shape index (κ2) is 4.97. The molecule has 2 N–H and O–H groups in total. The number of hydrogen-bond acceptors (Lipinski definition) is 3. The standard InChI is InChI=1S/C14H11FO4/c1-19-12-7-9(14(17)18)6-11(13(12)16)8-2-4-10(15)5-3-8/h2-7,16H,1H3,(H,17,18). The normalized spacial score (nSPS) is 10.2. The fourth-order valence-electron chi connectivity index (χ4n) is 1.74. The molecule has 0 amide bonds. The van der Waals surface area contributed by atoms with Crippen LogP contribution in [0.15, 0.2) is 36.4 Å². The van der Waals surface area contributed by atoms with Gasteiger partial charge < -0.3 is 14.9 Å². The van der Waals surface area contributed by atoms with E-state index in [0.29, 0.717) is 5.56 Å². The molecule has 2 rings (SSSR count). The zero-order valence-electron chi connectivity index (χ0n) is 10.1. The molecule has 19 heavy (non-hydrogen) atoms. The zero-order valence-corrected chi connectivity index (χ0v) is 10.1. The molecule has 0 unspecified atom stereocenters. The van der Waals surface area contributed by atoms with Gasteiger partial charge in [0, 0.05) is 5.56 Å². The number of benzene rings is 2. The van der Waals surface area contributed by atoms with Gasteiger partial charge in [0.25, 0.3) is 0 Å². The van der Waals surface area contributed by atoms with Gasteiger partial charge in [-0.3, -0.25) is 0 Å². The summed E-state index contributed by atoms with van der Waals surface area (Å²) in [7, 11) is 1.33. The number of carboxylic acids is 1. The van der Waals surface area contributed by atoms with Crippen LogP contribution in [0, 0.1) is 5.82 Å². The van der Waals surface area contributed by atoms with Gasteiger partial charge >= 0.3 is 5.97 Å². The van der Waals surface area contributed by atoms with E-state index in [9.17, 15) is 14.3 Å². The Kier molecular flexibility index (Phi) is 3.37. The van der Waals surface area contributed by atoms with E-state index in [1.807, 2.05) is 0 Å². The average Bonchev–Trinajstić information content (AvgIpc) is 2.40. The van der Waals surface area contributed by atoms with E-state index in [0.717, 1.165) is 0 Å². The number of phenolic OH excluding ortho intramolecular Hbond substituents is 1. The highest BCUT2D eigenvalue weighted by Crippen LogP contribution is 2.38. The van der Waals surface area contributed by atoms with Crippen LogP contribution in [-0.2, 0) is 0 Å². The molecule has 0 saturated carbocycles. The summed E-state index contributed by atoms with van der Waals surface area (Å²) >= 11 is 0. The number of phenols is 1. The maximum absolute atomic E-state index is 12.9. The van der Waals surface area contributed by atoms with Crippen LogP contribution in [0.1, 0.15) is 10.4 Å². The number of ether oxygens (including phenoxy) is 1. The quantitative estimate of drug-likeness (QED) is 0.892. The van der Waals surface area contributed by atoms with Gasteiger partial charge in [-0.2, -0.15) is 0 Å². The topological polar surface area (TPSA) is 66.8 Å². The predicted octanol–water partition coefficient (Wildman–Crippen LogP) is 2.91. The summed E-state index contributed by atoms with van der Waals surface area (Å²) in [6.07, 6.45) is 0. The van der Waals surface area contributed by atoms with Crippen LogP contribution in [0.4, 0.5) is 4.39 Å². The maximum Gasteiger partial charge on any atom is 0.335 e. The maximum atomic E-state index is 12.9. The van der Waals surface area contributed by atoms with Crippen molar-refractivity contribution in [3.8, 4) is 22.6 Å². The van der Waals surface area contributed by atoms with Crippen molar-refractivity contribution < 1.29 is 24.1 Å². The molecule has 0 fully saturated rings. The lowest BCUT2D eigenvalue weighted by Gasteiger charge is -2.10. The molecule has 5 heteroatoms. The van der Waals surface area contributed by atoms with E-state index in [4.69, 9.17) is 9.84 Å². The Hall–Kier alpha value is -2.56. The second-order valence-electron chi connectivity index (χ2n) is 3.89. The number of aromatic carboxylic acids is 1. The summed E-state index contributed by atoms with van der Waals surface area (Å²) in [4.78, 5) is 11.0. The van der Waals surface area contributed by atoms with Crippen molar-refractivity contribution in [2.45, 2.75) is 0 Å². The van der Waals surface area contributed by atoms with Gasteiger partial charge in [0.15, 0.2) is 11.5 Å². The van der Waals surface area contributed by atoms with Gasteiger partial charge in [-0.05, 0) is 29.8 Å². The van der Waals surface area contributed by atoms with Gasteiger partial charge in [-0.1, -0.05) is 12.1 Å². The molecule has 0 bridgehead atoms. The third kappa shape index (κ3) is 2.49. The van der Waals surface area contributed by atoms with Crippen LogP contribution >= 0.6 is 0 Å². The minimum absolute atomic E-state index is 0.0195. The molecular formula is C14H11FO4. The van der Waals surface area contributed by atoms with Crippen LogP contribution in [0.25, 0.3) is 11.1 Å². The Bertz CT molecular complexity index is 620. The average molecular weight is 262 g/mol. The van der Waals surface area contributed by atoms with Gasteiger partial charge in [-0.25, -0.2) is 9.18 Å². The van der Waals surface area contributed by atoms with Crippen LogP contribution in [0.2, 0.25) is 0 Å². The molecule has 0 saturated heterocycles. The van der Waals surface area contributed by atoms with Gasteiger partial charge in [-0.15, -0.1) is 0 Å². The lowest BCUT2D eigenvalue weighted by atomic mass is 10.0. The molecule has 0 radical (unpaired) electrons. The number of aromatic hydroxyl groups is 1. The minimum atomic E-state index is -1.14. The molecule has 0 aliphatic carbocycles. The van der Waals surface area contributed by atoms with E-state index in [2.05, 4.69) is 0 Å². The Morgan fingerprint density at radius 3 is 2.37 bits per heavy atom. The first-order valence-electron chi connectivity index (χ1n) is 5.43. The molecule has 0 aliphatic heterocycles. The first-order chi connectivity index (χ1) is 9.02. The van der Waals surface area contributed by atoms with Crippen molar-refractivity contribution in [2.75, 3.05) is 7.11 Å². The Labute approximate surface area is 108 Å². The summed E-state index contributed by atoms with van der Waals surface area (Å²) in [6, 6.07) is 7.91. The van der Waals surface area contributed by atoms with E-state index in [1.54, 1.807) is 0 Å². The smallest absolute Gasteiger partial charge is 0.335 e. The van der Waals surface area contributed by atoms with Crippen molar-refractivity contribution >= 4 is 5.97 Å². The zero-order chi connectivity index (χ0) is 14.0. The second-order valence-corrected chi connectivity index (χ2v) is 3.89. The lowest BCUT2D eigenvalue weighted by Crippen LogP contribution is -1.98. The van der Waals surface area contributed by atoms with Gasteiger partial charge in [0.2, 0.25) is 0 Å². The highest BCUT2D eigenvalue weighted by Gasteiger charge is 2.15. The summed E-state index contributed by atoms with van der Waals surface area (Å²) in [5.41, 5.74) is 0.756. The summed E-state index contributed by atoms with van der Waals surface area (Å²) in [6.45, 7) is 0. The van der Waals surface area contributed by atoms with Crippen molar-refractivity contribution in [3.05, 3.63) is 47.8 Å². The van der Waals surface area contributed by atoms with E-state index >= 15 is 0 Å². The van der Waals surface area contributed by atoms with Crippen molar-refractivity contribution in [1.82, 2.24) is 0 Å². The van der Waals surface area contributed by atoms with Crippen molar-refractivity contribution in [3.63, 3.8) is 0 Å². The number of carbonyl (C=O) groups is 1. The van der Waals surface area contributed by atoms with Crippen LogP contribution < -0.4 is 4.74 Å². The Morgan fingerprint density at radius 2 is 1.84 bits per heavy atom. The fourth-order valence-corrected chi connectivity index (χ4v) is 1.74. The van der Waals surface area contributed by atoms with Gasteiger partial charge in [0.1, 0.15) is 5.82 Å². The SMILES string of the molecule is COc1cc(C(=O)O)cc(-c2ccc(F)cc2)c1O. The van der Waals surface area contributed by atoms with Crippen LogP contribution in [0.5, 0.6) is 11.5 Å². The van der Waals surface area contributed by atoms with Crippen LogP contribution in [-0.4, -0.2) is 23.3 Å². The predicted molar refractivity (Wildman–Crippen MR) is 67.0 cm³/mol. The highest BCUT2D eigenvalue weighted by atomic mass is 19.1. The number of methoxy groups -OCH3 is 1. The first-order valence-corrected chi connectivity index (χ1v) is 5.43. The third-order valence-electron chi connectivity index (χ3n) is 2.70. The largest absolute Gasteiger partial charge is 0.504 e. The molecule has 0 aromatic heterocycles. The summed E-state index contributed by atoms with van der Waals surface area (Å²) < 4.78 is 17.8. The highest BCUT2D eigenvalue weighted by molar-refractivity contribution is 5.91. The van der Waals surface area contributed by atoms with Crippen molar-refractivity contribution in [1.29, 1.82) is 0 Å². The number of rotatable bonds is 3. The Balaban J connectivity index is 2.64. The Morgan fingerprint density at radius 1 is 1.21 bits per heavy atom. The monoisotopic (exact) mass is 262 g/mol. The van der Waals surface area contributed by atoms with E-state index < -0.39 is 11.8 Å². The first kappa shape index (κ1) is 12.9. The minimum Gasteiger partial charge on any atom is -0.504 e. The lowest BCUT2D eigenvalue weighted by molar-refractivity contribution is 0.0696. The molecule has 0 aliphatic rings. The molecule has 0 heterocycles. The molecule has 98 valence electrons. The van der Waals surface area contributed by atoms with Gasteiger partial charge in [0.05, 0.1) is 12.7 Å². The summed E-state index contributed by atoms with van der Waals surface area (Å²) in [5, 5.41) is 19.0. The van der Waals surface area contributed by atoms with Crippen LogP contribution in [0.3, 0.4) is 0 Å². The molecule has 2 aromatic carbocycles. The third-order valence-corrected chi connectivity index (χ3v) is 2.70. The molecule has 0 atom stereocenters. The molecular weight excluding hydrogens is 251 g/mol. The van der Waals surface area contributed by atoms with E-state index in [-0.39, 0.29) is 22.6 Å². The molecule has 0 spiro atoms. The number of halogens is 1. The van der Waals surface area contributed by atoms with E-state index in [1.165, 1.54) is 43.5 Å². The number of hydrogen-bond donors (Lipinski definition) is 2.